The molecule has 132 valence electrons. The number of aryl methyl sites for hydroxylation is 2. The molecule has 1 fully saturated rings. The van der Waals surface area contributed by atoms with Gasteiger partial charge in [-0.05, 0) is 81.4 Å². The lowest BCUT2D eigenvalue weighted by Crippen LogP contribution is -2.22. The van der Waals surface area contributed by atoms with E-state index in [0.717, 1.165) is 19.4 Å². The molecule has 2 heterocycles. The van der Waals surface area contributed by atoms with Crippen LogP contribution in [0.15, 0.2) is 48.5 Å². The van der Waals surface area contributed by atoms with E-state index in [4.69, 9.17) is 0 Å². The van der Waals surface area contributed by atoms with Crippen molar-refractivity contribution in [3.8, 4) is 0 Å². The standard InChI is InChI=1S/C23H30N2/c1(6-16-24-17-8-9-18-24)7-19-25-22-12-4-2-10-20(22)14-15-21-11-3-5-13-23(21)25/h2-5,10-13H,1,6-9,14-19H2. The number of nitrogens with zero attached hydrogens (tertiary/aromatic N) is 2. The molecule has 2 aromatic carbocycles. The third-order valence-electron chi connectivity index (χ3n) is 5.78. The largest absolute Gasteiger partial charge is 0.341 e. The monoisotopic (exact) mass is 334 g/mol. The number of anilines is 2. The molecule has 2 aliphatic rings. The molecule has 2 aromatic rings. The van der Waals surface area contributed by atoms with Crippen molar-refractivity contribution in [2.75, 3.05) is 31.1 Å². The lowest BCUT2D eigenvalue weighted by molar-refractivity contribution is 0.329. The van der Waals surface area contributed by atoms with Crippen molar-refractivity contribution in [1.29, 1.82) is 0 Å². The molecular weight excluding hydrogens is 304 g/mol. The average Bonchev–Trinajstić information content (AvgIpc) is 3.12. The predicted molar refractivity (Wildman–Crippen MR) is 107 cm³/mol. The lowest BCUT2D eigenvalue weighted by Gasteiger charge is -2.27. The van der Waals surface area contributed by atoms with Crippen molar-refractivity contribution in [3.63, 3.8) is 0 Å². The molecule has 0 unspecified atom stereocenters. The molecule has 0 N–H and O–H groups in total. The quantitative estimate of drug-likeness (QED) is 0.671. The van der Waals surface area contributed by atoms with Crippen molar-refractivity contribution in [3.05, 3.63) is 59.7 Å². The van der Waals surface area contributed by atoms with Crippen LogP contribution in [0, 0.1) is 0 Å². The summed E-state index contributed by atoms with van der Waals surface area (Å²) < 4.78 is 0. The van der Waals surface area contributed by atoms with Crippen LogP contribution >= 0.6 is 0 Å². The van der Waals surface area contributed by atoms with E-state index in [1.165, 1.54) is 74.2 Å². The summed E-state index contributed by atoms with van der Waals surface area (Å²) in [6.45, 7) is 5.08. The molecule has 0 aliphatic carbocycles. The van der Waals surface area contributed by atoms with Crippen LogP contribution in [0.25, 0.3) is 0 Å². The smallest absolute Gasteiger partial charge is 0.0443 e. The maximum absolute atomic E-state index is 2.64. The van der Waals surface area contributed by atoms with Crippen molar-refractivity contribution in [2.45, 2.75) is 44.9 Å². The second kappa shape index (κ2) is 8.05. The summed E-state index contributed by atoms with van der Waals surface area (Å²) in [7, 11) is 0. The number of hydrogen-bond donors (Lipinski definition) is 0. The number of benzene rings is 2. The fourth-order valence-corrected chi connectivity index (χ4v) is 4.40. The fraction of sp³-hybridized carbons (Fsp3) is 0.478. The molecular formula is C23H30N2. The van der Waals surface area contributed by atoms with Gasteiger partial charge in [0.25, 0.3) is 0 Å². The van der Waals surface area contributed by atoms with Gasteiger partial charge in [-0.3, -0.25) is 0 Å². The molecule has 1 saturated heterocycles. The number of fused-ring (bicyclic) bond motifs is 2. The predicted octanol–water partition coefficient (Wildman–Crippen LogP) is 5.19. The first-order valence-electron chi connectivity index (χ1n) is 10.1. The van der Waals surface area contributed by atoms with Gasteiger partial charge in [0.2, 0.25) is 0 Å². The Morgan fingerprint density at radius 2 is 1.20 bits per heavy atom. The van der Waals surface area contributed by atoms with Gasteiger partial charge in [-0.25, -0.2) is 0 Å². The van der Waals surface area contributed by atoms with Crippen LogP contribution in [-0.4, -0.2) is 31.1 Å². The lowest BCUT2D eigenvalue weighted by atomic mass is 10.0. The molecule has 2 nitrogen and oxygen atoms in total. The second-order valence-corrected chi connectivity index (χ2v) is 7.52. The normalized spacial score (nSPS) is 17.2. The summed E-state index contributed by atoms with van der Waals surface area (Å²) in [5.74, 6) is 0. The van der Waals surface area contributed by atoms with E-state index in [2.05, 4.69) is 58.3 Å². The minimum Gasteiger partial charge on any atom is -0.341 e. The number of likely N-dealkylation sites (tertiary alicyclic amines) is 1. The maximum Gasteiger partial charge on any atom is 0.0443 e. The zero-order valence-electron chi connectivity index (χ0n) is 15.3. The van der Waals surface area contributed by atoms with Crippen LogP contribution < -0.4 is 4.90 Å². The van der Waals surface area contributed by atoms with E-state index >= 15 is 0 Å². The summed E-state index contributed by atoms with van der Waals surface area (Å²) in [5.41, 5.74) is 5.84. The summed E-state index contributed by atoms with van der Waals surface area (Å²) in [4.78, 5) is 5.21. The molecule has 4 rings (SSSR count). The van der Waals surface area contributed by atoms with Crippen molar-refractivity contribution in [1.82, 2.24) is 4.90 Å². The van der Waals surface area contributed by atoms with Crippen molar-refractivity contribution in [2.24, 2.45) is 0 Å². The zero-order valence-corrected chi connectivity index (χ0v) is 15.3. The Bertz CT molecular complexity index is 640. The highest BCUT2D eigenvalue weighted by atomic mass is 15.1. The summed E-state index contributed by atoms with van der Waals surface area (Å²) in [5, 5.41) is 0. The van der Waals surface area contributed by atoms with Crippen molar-refractivity contribution >= 4 is 11.4 Å². The Kier molecular flexibility index (Phi) is 5.37. The third kappa shape index (κ3) is 3.90. The van der Waals surface area contributed by atoms with Crippen LogP contribution in [0.5, 0.6) is 0 Å². The molecule has 0 saturated carbocycles. The van der Waals surface area contributed by atoms with Crippen LogP contribution in [0.4, 0.5) is 11.4 Å². The minimum atomic E-state index is 1.13. The Morgan fingerprint density at radius 3 is 1.84 bits per heavy atom. The fourth-order valence-electron chi connectivity index (χ4n) is 4.40. The van der Waals surface area contributed by atoms with E-state index in [9.17, 15) is 0 Å². The Morgan fingerprint density at radius 1 is 0.640 bits per heavy atom. The van der Waals surface area contributed by atoms with Gasteiger partial charge in [-0.1, -0.05) is 42.8 Å². The topological polar surface area (TPSA) is 6.48 Å². The molecule has 0 radical (unpaired) electrons. The molecule has 25 heavy (non-hydrogen) atoms. The number of unbranched alkanes of at least 4 members (excludes halogenated alkanes) is 2. The number of hydrogen-bond acceptors (Lipinski definition) is 2. The van der Waals surface area contributed by atoms with E-state index in [1.807, 2.05) is 0 Å². The minimum absolute atomic E-state index is 1.13. The van der Waals surface area contributed by atoms with E-state index in [-0.39, 0.29) is 0 Å². The van der Waals surface area contributed by atoms with E-state index in [0.29, 0.717) is 0 Å². The molecule has 0 aromatic heterocycles. The Labute approximate surface area is 152 Å². The first-order valence-corrected chi connectivity index (χ1v) is 10.1. The van der Waals surface area contributed by atoms with Gasteiger partial charge < -0.3 is 9.80 Å². The Hall–Kier alpha value is -1.80. The van der Waals surface area contributed by atoms with Gasteiger partial charge in [-0.2, -0.15) is 0 Å². The third-order valence-corrected chi connectivity index (χ3v) is 5.78. The van der Waals surface area contributed by atoms with Crippen LogP contribution in [0.2, 0.25) is 0 Å². The number of rotatable bonds is 6. The highest BCUT2D eigenvalue weighted by molar-refractivity contribution is 5.71. The molecule has 2 aliphatic heterocycles. The van der Waals surface area contributed by atoms with Gasteiger partial charge in [0.05, 0.1) is 0 Å². The molecule has 0 spiro atoms. The average molecular weight is 335 g/mol. The van der Waals surface area contributed by atoms with Gasteiger partial charge in [0, 0.05) is 17.9 Å². The summed E-state index contributed by atoms with van der Waals surface area (Å²) in [6, 6.07) is 18.0. The summed E-state index contributed by atoms with van der Waals surface area (Å²) in [6.07, 6.45) is 9.06. The highest BCUT2D eigenvalue weighted by Gasteiger charge is 2.19. The Balaban J connectivity index is 1.42. The molecule has 0 atom stereocenters. The van der Waals surface area contributed by atoms with Gasteiger partial charge in [0.15, 0.2) is 0 Å². The first kappa shape index (κ1) is 16.7. The maximum atomic E-state index is 2.64. The van der Waals surface area contributed by atoms with Gasteiger partial charge in [-0.15, -0.1) is 0 Å². The van der Waals surface area contributed by atoms with E-state index in [1.54, 1.807) is 0 Å². The molecule has 0 bridgehead atoms. The summed E-state index contributed by atoms with van der Waals surface area (Å²) >= 11 is 0. The van der Waals surface area contributed by atoms with Crippen molar-refractivity contribution < 1.29 is 0 Å². The highest BCUT2D eigenvalue weighted by Crippen LogP contribution is 2.36. The molecule has 2 heteroatoms. The first-order chi connectivity index (χ1) is 12.4. The van der Waals surface area contributed by atoms with Gasteiger partial charge >= 0.3 is 0 Å². The van der Waals surface area contributed by atoms with Crippen LogP contribution in [0.1, 0.15) is 43.2 Å². The number of para-hydroxylation sites is 2. The van der Waals surface area contributed by atoms with E-state index < -0.39 is 0 Å². The van der Waals surface area contributed by atoms with Gasteiger partial charge in [0.1, 0.15) is 0 Å². The molecule has 0 amide bonds. The van der Waals surface area contributed by atoms with Crippen LogP contribution in [0.3, 0.4) is 0 Å². The SMILES string of the molecule is c1ccc2c(c1)CCc1ccccc1N2CCCCCN1CCCC1. The zero-order chi connectivity index (χ0) is 16.9. The van der Waals surface area contributed by atoms with Crippen LogP contribution in [-0.2, 0) is 12.8 Å². The second-order valence-electron chi connectivity index (χ2n) is 7.52.